The first-order valence-electron chi connectivity index (χ1n) is 21.6. The van der Waals surface area contributed by atoms with Crippen LogP contribution in [0.2, 0.25) is 0 Å². The summed E-state index contributed by atoms with van der Waals surface area (Å²) in [4.78, 5) is 64.3. The Hall–Kier alpha value is -5.91. The second-order valence-corrected chi connectivity index (χ2v) is 17.7. The van der Waals surface area contributed by atoms with Crippen LogP contribution >= 0.6 is 0 Å². The van der Waals surface area contributed by atoms with Crippen LogP contribution in [0.15, 0.2) is 52.2 Å². The highest BCUT2D eigenvalue weighted by Gasteiger charge is 2.51. The number of aryl methyl sites for hydroxylation is 2. The topological polar surface area (TPSA) is 161 Å². The molecule has 1 aliphatic carbocycles. The van der Waals surface area contributed by atoms with Crippen LogP contribution in [0.4, 0.5) is 36.3 Å². The smallest absolute Gasteiger partial charge is 0.329 e. The van der Waals surface area contributed by atoms with Gasteiger partial charge in [0.2, 0.25) is 23.5 Å². The first-order valence-corrected chi connectivity index (χ1v) is 21.6. The molecule has 0 bridgehead atoms. The van der Waals surface area contributed by atoms with Crippen molar-refractivity contribution in [1.82, 2.24) is 33.9 Å². The molecule has 326 valence electrons. The van der Waals surface area contributed by atoms with E-state index in [4.69, 9.17) is 4.74 Å². The Morgan fingerprint density at radius 2 is 1.65 bits per heavy atom. The average molecular weight is 855 g/mol. The number of pyridine rings is 1. The van der Waals surface area contributed by atoms with E-state index in [0.29, 0.717) is 59.2 Å². The fourth-order valence-corrected chi connectivity index (χ4v) is 10.0. The molecule has 2 amide bonds. The van der Waals surface area contributed by atoms with Gasteiger partial charge in [-0.3, -0.25) is 28.8 Å². The highest BCUT2D eigenvalue weighted by Crippen LogP contribution is 2.46. The third kappa shape index (κ3) is 7.24. The monoisotopic (exact) mass is 854 g/mol. The van der Waals surface area contributed by atoms with Crippen LogP contribution in [-0.4, -0.2) is 91.7 Å². The molecule has 1 saturated carbocycles. The summed E-state index contributed by atoms with van der Waals surface area (Å²) in [5.74, 6) is -3.71. The maximum Gasteiger partial charge on any atom is 0.329 e. The van der Waals surface area contributed by atoms with Gasteiger partial charge in [-0.05, 0) is 112 Å². The van der Waals surface area contributed by atoms with E-state index in [1.165, 1.54) is 14.7 Å². The minimum atomic E-state index is -3.17. The minimum Gasteiger partial charge on any atom is -0.480 e. The third-order valence-corrected chi connectivity index (χ3v) is 13.7. The molecule has 18 heteroatoms. The van der Waals surface area contributed by atoms with Crippen LogP contribution in [0.1, 0.15) is 68.9 Å². The van der Waals surface area contributed by atoms with Gasteiger partial charge >= 0.3 is 11.6 Å². The van der Waals surface area contributed by atoms with E-state index < -0.39 is 41.9 Å². The van der Waals surface area contributed by atoms with Crippen molar-refractivity contribution in [2.24, 2.45) is 25.9 Å². The van der Waals surface area contributed by atoms with E-state index in [0.717, 1.165) is 70.1 Å². The van der Waals surface area contributed by atoms with Gasteiger partial charge < -0.3 is 29.7 Å². The molecule has 5 aromatic rings. The molecule has 62 heavy (non-hydrogen) atoms. The molecule has 15 nitrogen and oxygen atoms in total. The quantitative estimate of drug-likeness (QED) is 0.177. The van der Waals surface area contributed by atoms with Crippen molar-refractivity contribution >= 4 is 56.9 Å². The number of nitrogens with one attached hydrogen (secondary N) is 3. The number of halogens is 3. The number of nitrogens with zero attached hydrogens (tertiary/aromatic N) is 7. The van der Waals surface area contributed by atoms with Gasteiger partial charge in [0, 0.05) is 51.2 Å². The molecule has 0 spiro atoms. The number of ether oxygens (including phenoxy) is 1. The standard InChI is InChI=1S/C44H49F3N10O5/c1-53-31-8-6-28(20-29(31)36-37(41(53)60)62-23-44(46,47)38(51-36)26-3-4-26)49-39-30(45)21-48-42(52-39)56-17-11-24(12-18-56)22-55-15-13-25(14-16-55)27-5-7-32-34(19-27)54(2)43(61)57(32)33-9-10-35(58)50-40(33)59/h5-8,19-21,24-26,33,38,51H,3-4,9-18,22-23H2,1-2H3,(H,48,49,52)(H,50,58,59)/t33?,38-/m0/s1. The molecule has 3 N–H and O–H groups in total. The zero-order valence-electron chi connectivity index (χ0n) is 34.6. The van der Waals surface area contributed by atoms with Crippen molar-refractivity contribution in [3.63, 3.8) is 0 Å². The van der Waals surface area contributed by atoms with E-state index in [1.807, 2.05) is 6.07 Å². The maximum absolute atomic E-state index is 15.3. The average Bonchev–Trinajstić information content (AvgIpc) is 4.09. The van der Waals surface area contributed by atoms with Crippen LogP contribution in [0, 0.1) is 17.7 Å². The van der Waals surface area contributed by atoms with Crippen molar-refractivity contribution in [2.75, 3.05) is 54.9 Å². The number of imidazole rings is 1. The van der Waals surface area contributed by atoms with Crippen molar-refractivity contribution in [3.05, 3.63) is 74.8 Å². The Morgan fingerprint density at radius 3 is 2.39 bits per heavy atom. The van der Waals surface area contributed by atoms with Gasteiger partial charge in [-0.2, -0.15) is 4.98 Å². The number of hydrogen-bond acceptors (Lipinski definition) is 11. The molecule has 3 aromatic heterocycles. The summed E-state index contributed by atoms with van der Waals surface area (Å²) in [5, 5.41) is 8.91. The van der Waals surface area contributed by atoms with Gasteiger partial charge in [0.05, 0.1) is 34.5 Å². The Kier molecular flexibility index (Phi) is 10.0. The van der Waals surface area contributed by atoms with Gasteiger partial charge in [-0.25, -0.2) is 22.9 Å². The lowest BCUT2D eigenvalue weighted by Crippen LogP contribution is -2.44. The first kappa shape index (κ1) is 40.2. The number of alkyl halides is 2. The van der Waals surface area contributed by atoms with Crippen molar-refractivity contribution in [1.29, 1.82) is 0 Å². The second kappa shape index (κ2) is 15.5. The van der Waals surface area contributed by atoms with Crippen LogP contribution in [-0.2, 0) is 23.7 Å². The fraction of sp³-hybridized carbons (Fsp3) is 0.500. The molecule has 2 aromatic carbocycles. The van der Waals surface area contributed by atoms with Gasteiger partial charge in [0.15, 0.2) is 18.2 Å². The van der Waals surface area contributed by atoms with Gasteiger partial charge in [-0.15, -0.1) is 0 Å². The molecular weight excluding hydrogens is 806 g/mol. The Bertz CT molecular complexity index is 2730. The van der Waals surface area contributed by atoms with Crippen molar-refractivity contribution in [3.8, 4) is 5.75 Å². The lowest BCUT2D eigenvalue weighted by atomic mass is 9.88. The highest BCUT2D eigenvalue weighted by atomic mass is 19.3. The number of benzene rings is 2. The van der Waals surface area contributed by atoms with Crippen LogP contribution in [0.5, 0.6) is 5.75 Å². The number of carbonyl (C=O) groups excluding carboxylic acids is 2. The minimum absolute atomic E-state index is 0.0184. The number of amides is 2. The Labute approximate surface area is 354 Å². The number of piperidine rings is 3. The summed E-state index contributed by atoms with van der Waals surface area (Å²) in [6, 6.07) is 9.29. The maximum atomic E-state index is 15.3. The predicted molar refractivity (Wildman–Crippen MR) is 227 cm³/mol. The molecule has 1 unspecified atom stereocenters. The largest absolute Gasteiger partial charge is 0.480 e. The number of carbonyl (C=O) groups is 2. The van der Waals surface area contributed by atoms with Gasteiger partial charge in [0.1, 0.15) is 6.04 Å². The van der Waals surface area contributed by atoms with Crippen molar-refractivity contribution < 1.29 is 27.5 Å². The Balaban J connectivity index is 0.768. The lowest BCUT2D eigenvalue weighted by Gasteiger charge is -2.38. The number of hydrogen-bond donors (Lipinski definition) is 3. The first-order chi connectivity index (χ1) is 29.8. The van der Waals surface area contributed by atoms with Gasteiger partial charge in [0.25, 0.3) is 5.56 Å². The summed E-state index contributed by atoms with van der Waals surface area (Å²) in [5.41, 5.74) is 3.05. The number of fused-ring (bicyclic) bond motifs is 4. The number of anilines is 4. The number of aromatic nitrogens is 5. The molecule has 0 radical (unpaired) electrons. The molecule has 7 heterocycles. The molecule has 5 aliphatic rings. The van der Waals surface area contributed by atoms with E-state index in [-0.39, 0.29) is 41.2 Å². The van der Waals surface area contributed by atoms with Crippen LogP contribution in [0.25, 0.3) is 21.9 Å². The SMILES string of the molecule is Cn1c(=O)c2c(c3cc(Nc4nc(N5CCC(CN6CCC(c7ccc8c(c7)n(C)c(=O)n8C7CCC(=O)NC7=O)CC6)CC5)ncc4F)ccc31)N[C@@H](C1CC1)C(F)(F)CO2. The summed E-state index contributed by atoms with van der Waals surface area (Å²) in [6.07, 6.45) is 6.84. The zero-order chi connectivity index (χ0) is 43.0. The molecular formula is C44H49F3N10O5. The molecule has 10 rings (SSSR count). The normalized spacial score (nSPS) is 22.6. The fourth-order valence-electron chi connectivity index (χ4n) is 10.0. The second-order valence-electron chi connectivity index (χ2n) is 17.7. The van der Waals surface area contributed by atoms with E-state index in [9.17, 15) is 19.2 Å². The lowest BCUT2D eigenvalue weighted by molar-refractivity contribution is -0.135. The predicted octanol–water partition coefficient (Wildman–Crippen LogP) is 5.16. The zero-order valence-corrected chi connectivity index (χ0v) is 34.6. The van der Waals surface area contributed by atoms with Crippen LogP contribution < -0.4 is 36.8 Å². The highest BCUT2D eigenvalue weighted by molar-refractivity contribution is 6.00. The molecule has 4 fully saturated rings. The van der Waals surface area contributed by atoms with E-state index in [1.54, 1.807) is 36.9 Å². The molecule has 3 saturated heterocycles. The summed E-state index contributed by atoms with van der Waals surface area (Å²) < 4.78 is 55.5. The molecule has 2 atom stereocenters. The summed E-state index contributed by atoms with van der Waals surface area (Å²) in [6.45, 7) is 3.45. The van der Waals surface area contributed by atoms with Gasteiger partial charge in [-0.1, -0.05) is 6.07 Å². The summed E-state index contributed by atoms with van der Waals surface area (Å²) in [7, 11) is 3.29. The molecule has 4 aliphatic heterocycles. The van der Waals surface area contributed by atoms with Crippen molar-refractivity contribution in [2.45, 2.75) is 75.3 Å². The number of rotatable bonds is 8. The van der Waals surface area contributed by atoms with E-state index in [2.05, 4.69) is 47.9 Å². The summed E-state index contributed by atoms with van der Waals surface area (Å²) >= 11 is 0. The van der Waals surface area contributed by atoms with Crippen LogP contribution in [0.3, 0.4) is 0 Å². The number of likely N-dealkylation sites (tertiary alicyclic amines) is 1. The number of imide groups is 1. The third-order valence-electron chi connectivity index (χ3n) is 13.7. The van der Waals surface area contributed by atoms with E-state index >= 15 is 13.2 Å². The Morgan fingerprint density at radius 1 is 0.887 bits per heavy atom.